The first-order valence-corrected chi connectivity index (χ1v) is 7.33. The highest BCUT2D eigenvalue weighted by molar-refractivity contribution is 4.89. The first-order valence-electron chi connectivity index (χ1n) is 7.33. The molecule has 2 heterocycles. The smallest absolute Gasteiger partial charge is 0.0224 e. The summed E-state index contributed by atoms with van der Waals surface area (Å²) in [7, 11) is 0. The van der Waals surface area contributed by atoms with Crippen LogP contribution in [0.25, 0.3) is 0 Å². The maximum atomic E-state index is 5.98. The van der Waals surface area contributed by atoms with Gasteiger partial charge in [-0.05, 0) is 37.8 Å². The van der Waals surface area contributed by atoms with Crippen LogP contribution in [0.15, 0.2) is 0 Å². The molecule has 2 unspecified atom stereocenters. The Morgan fingerprint density at radius 2 is 2.12 bits per heavy atom. The Bertz CT molecular complexity index is 244. The van der Waals surface area contributed by atoms with Crippen molar-refractivity contribution in [2.75, 3.05) is 39.3 Å². The molecule has 0 radical (unpaired) electrons. The standard InChI is InChI=1S/C14H29N3/c1-3-6-14(2,11-15)12-16-8-9-17-7-4-5-13(17)10-16/h13H,3-12,15H2,1-2H3. The summed E-state index contributed by atoms with van der Waals surface area (Å²) in [5.74, 6) is 0. The normalized spacial score (nSPS) is 30.2. The molecule has 0 aromatic rings. The Balaban J connectivity index is 1.86. The van der Waals surface area contributed by atoms with Crippen molar-refractivity contribution < 1.29 is 0 Å². The van der Waals surface area contributed by atoms with E-state index in [0.29, 0.717) is 5.41 Å². The van der Waals surface area contributed by atoms with Crippen molar-refractivity contribution in [2.24, 2.45) is 11.1 Å². The zero-order valence-corrected chi connectivity index (χ0v) is 11.6. The highest BCUT2D eigenvalue weighted by atomic mass is 15.3. The summed E-state index contributed by atoms with van der Waals surface area (Å²) in [5.41, 5.74) is 6.31. The first-order chi connectivity index (χ1) is 8.17. The van der Waals surface area contributed by atoms with E-state index in [-0.39, 0.29) is 0 Å². The van der Waals surface area contributed by atoms with Crippen LogP contribution in [0, 0.1) is 5.41 Å². The molecule has 0 aromatic heterocycles. The number of hydrogen-bond donors (Lipinski definition) is 1. The van der Waals surface area contributed by atoms with Crippen LogP contribution in [0.1, 0.15) is 39.5 Å². The van der Waals surface area contributed by atoms with E-state index in [1.165, 1.54) is 58.4 Å². The van der Waals surface area contributed by atoms with Crippen LogP contribution in [-0.4, -0.2) is 55.1 Å². The van der Waals surface area contributed by atoms with Gasteiger partial charge in [0.15, 0.2) is 0 Å². The molecule has 0 spiro atoms. The van der Waals surface area contributed by atoms with E-state index in [1.54, 1.807) is 0 Å². The minimum Gasteiger partial charge on any atom is -0.330 e. The molecule has 0 saturated carbocycles. The molecule has 0 bridgehead atoms. The van der Waals surface area contributed by atoms with Crippen LogP contribution >= 0.6 is 0 Å². The summed E-state index contributed by atoms with van der Waals surface area (Å²) in [4.78, 5) is 5.34. The molecule has 2 fully saturated rings. The fourth-order valence-electron chi connectivity index (χ4n) is 3.59. The predicted molar refractivity (Wildman–Crippen MR) is 73.1 cm³/mol. The lowest BCUT2D eigenvalue weighted by atomic mass is 9.85. The van der Waals surface area contributed by atoms with Gasteiger partial charge < -0.3 is 5.73 Å². The Labute approximate surface area is 106 Å². The molecule has 2 aliphatic heterocycles. The lowest BCUT2D eigenvalue weighted by Gasteiger charge is -2.42. The van der Waals surface area contributed by atoms with E-state index in [1.807, 2.05) is 0 Å². The van der Waals surface area contributed by atoms with Gasteiger partial charge in [-0.25, -0.2) is 0 Å². The van der Waals surface area contributed by atoms with Crippen LogP contribution in [-0.2, 0) is 0 Å². The molecular formula is C14H29N3. The SMILES string of the molecule is CCCC(C)(CN)CN1CCN2CCCC2C1. The van der Waals surface area contributed by atoms with Gasteiger partial charge in [-0.2, -0.15) is 0 Å². The van der Waals surface area contributed by atoms with Gasteiger partial charge in [0.2, 0.25) is 0 Å². The van der Waals surface area contributed by atoms with Crippen LogP contribution in [0.2, 0.25) is 0 Å². The quantitative estimate of drug-likeness (QED) is 0.790. The Hall–Kier alpha value is -0.120. The maximum absolute atomic E-state index is 5.98. The molecule has 17 heavy (non-hydrogen) atoms. The highest BCUT2D eigenvalue weighted by Crippen LogP contribution is 2.27. The maximum Gasteiger partial charge on any atom is 0.0224 e. The molecule has 2 aliphatic rings. The molecule has 3 nitrogen and oxygen atoms in total. The topological polar surface area (TPSA) is 32.5 Å². The monoisotopic (exact) mass is 239 g/mol. The number of nitrogens with two attached hydrogens (primary N) is 1. The number of piperazine rings is 1. The van der Waals surface area contributed by atoms with Gasteiger partial charge in [0.25, 0.3) is 0 Å². The molecule has 3 heteroatoms. The second-order valence-corrected chi connectivity index (χ2v) is 6.33. The van der Waals surface area contributed by atoms with Crippen molar-refractivity contribution in [3.63, 3.8) is 0 Å². The van der Waals surface area contributed by atoms with Gasteiger partial charge in [-0.15, -0.1) is 0 Å². The zero-order chi connectivity index (χ0) is 12.3. The van der Waals surface area contributed by atoms with Crippen LogP contribution in [0.5, 0.6) is 0 Å². The third-order valence-electron chi connectivity index (χ3n) is 4.62. The van der Waals surface area contributed by atoms with Crippen molar-refractivity contribution in [1.29, 1.82) is 0 Å². The zero-order valence-electron chi connectivity index (χ0n) is 11.6. The molecule has 2 rings (SSSR count). The van der Waals surface area contributed by atoms with E-state index in [9.17, 15) is 0 Å². The molecule has 0 amide bonds. The van der Waals surface area contributed by atoms with Gasteiger partial charge in [-0.1, -0.05) is 20.3 Å². The molecule has 2 saturated heterocycles. The van der Waals surface area contributed by atoms with Gasteiger partial charge >= 0.3 is 0 Å². The van der Waals surface area contributed by atoms with Gasteiger partial charge in [-0.3, -0.25) is 9.80 Å². The lowest BCUT2D eigenvalue weighted by molar-refractivity contribution is 0.0686. The number of hydrogen-bond acceptors (Lipinski definition) is 3. The largest absolute Gasteiger partial charge is 0.330 e. The number of rotatable bonds is 5. The summed E-state index contributed by atoms with van der Waals surface area (Å²) >= 11 is 0. The summed E-state index contributed by atoms with van der Waals surface area (Å²) in [5, 5.41) is 0. The van der Waals surface area contributed by atoms with Crippen LogP contribution < -0.4 is 5.73 Å². The molecular weight excluding hydrogens is 210 g/mol. The van der Waals surface area contributed by atoms with Crippen molar-refractivity contribution in [1.82, 2.24) is 9.80 Å². The Morgan fingerprint density at radius 1 is 1.29 bits per heavy atom. The first kappa shape index (κ1) is 13.3. The average molecular weight is 239 g/mol. The molecule has 0 aliphatic carbocycles. The molecule has 0 aromatic carbocycles. The Morgan fingerprint density at radius 3 is 2.82 bits per heavy atom. The second kappa shape index (κ2) is 5.68. The number of fused-ring (bicyclic) bond motifs is 1. The minimum atomic E-state index is 0.329. The number of nitrogens with zero attached hydrogens (tertiary/aromatic N) is 2. The van der Waals surface area contributed by atoms with E-state index in [0.717, 1.165) is 12.6 Å². The third-order valence-corrected chi connectivity index (χ3v) is 4.62. The van der Waals surface area contributed by atoms with Gasteiger partial charge in [0, 0.05) is 32.2 Å². The van der Waals surface area contributed by atoms with E-state index in [4.69, 9.17) is 5.73 Å². The highest BCUT2D eigenvalue weighted by Gasteiger charge is 2.33. The van der Waals surface area contributed by atoms with E-state index in [2.05, 4.69) is 23.6 Å². The summed E-state index contributed by atoms with van der Waals surface area (Å²) in [6.45, 7) is 11.8. The van der Waals surface area contributed by atoms with Crippen LogP contribution in [0.4, 0.5) is 0 Å². The third kappa shape index (κ3) is 3.21. The summed E-state index contributed by atoms with van der Waals surface area (Å²) in [6, 6.07) is 0.840. The Kier molecular flexibility index (Phi) is 4.45. The van der Waals surface area contributed by atoms with E-state index >= 15 is 0 Å². The molecule has 100 valence electrons. The lowest BCUT2D eigenvalue weighted by Crippen LogP contribution is -2.53. The van der Waals surface area contributed by atoms with E-state index < -0.39 is 0 Å². The van der Waals surface area contributed by atoms with Crippen molar-refractivity contribution in [2.45, 2.75) is 45.6 Å². The van der Waals surface area contributed by atoms with Crippen LogP contribution in [0.3, 0.4) is 0 Å². The summed E-state index contributed by atoms with van der Waals surface area (Å²) < 4.78 is 0. The fraction of sp³-hybridized carbons (Fsp3) is 1.00. The minimum absolute atomic E-state index is 0.329. The van der Waals surface area contributed by atoms with Gasteiger partial charge in [0.1, 0.15) is 0 Å². The molecule has 2 atom stereocenters. The van der Waals surface area contributed by atoms with Crippen molar-refractivity contribution >= 4 is 0 Å². The summed E-state index contributed by atoms with van der Waals surface area (Å²) in [6.07, 6.45) is 5.32. The van der Waals surface area contributed by atoms with Crippen molar-refractivity contribution in [3.05, 3.63) is 0 Å². The van der Waals surface area contributed by atoms with Crippen molar-refractivity contribution in [3.8, 4) is 0 Å². The fourth-order valence-corrected chi connectivity index (χ4v) is 3.59. The average Bonchev–Trinajstić information content (AvgIpc) is 2.76. The predicted octanol–water partition coefficient (Wildman–Crippen LogP) is 1.53. The second-order valence-electron chi connectivity index (χ2n) is 6.33. The molecule has 2 N–H and O–H groups in total. The van der Waals surface area contributed by atoms with Gasteiger partial charge in [0.05, 0.1) is 0 Å².